The predicted molar refractivity (Wildman–Crippen MR) is 89.0 cm³/mol. The molecule has 0 aliphatic heterocycles. The lowest BCUT2D eigenvalue weighted by Gasteiger charge is -2.14. The maximum Gasteiger partial charge on any atom is 0.120 e. The minimum atomic E-state index is -0.103. The van der Waals surface area contributed by atoms with Crippen LogP contribution in [-0.4, -0.2) is 11.9 Å². The minimum Gasteiger partial charge on any atom is -0.490 e. The molecule has 110 valence electrons. The molecule has 0 amide bonds. The van der Waals surface area contributed by atoms with Crippen molar-refractivity contribution in [3.8, 4) is 5.75 Å². The summed E-state index contributed by atoms with van der Waals surface area (Å²) in [5, 5.41) is 0. The van der Waals surface area contributed by atoms with Gasteiger partial charge in [0, 0.05) is 4.90 Å². The lowest BCUT2D eigenvalue weighted by Crippen LogP contribution is -2.12. The van der Waals surface area contributed by atoms with Crippen LogP contribution in [0.4, 0.5) is 0 Å². The number of ether oxygens (including phenoxy) is 1. The molecule has 1 aliphatic carbocycles. The molecule has 0 radical (unpaired) electrons. The van der Waals surface area contributed by atoms with Crippen LogP contribution in [0.5, 0.6) is 5.75 Å². The highest BCUT2D eigenvalue weighted by atomic mass is 32.2. The van der Waals surface area contributed by atoms with Crippen LogP contribution in [-0.2, 0) is 0 Å². The summed E-state index contributed by atoms with van der Waals surface area (Å²) in [6, 6.07) is 16.6. The van der Waals surface area contributed by atoms with Gasteiger partial charge in [-0.15, -0.1) is 11.8 Å². The van der Waals surface area contributed by atoms with Crippen LogP contribution in [0.15, 0.2) is 53.4 Å². The molecule has 1 fully saturated rings. The number of hydrogen-bond acceptors (Lipinski definition) is 3. The molecule has 0 saturated heterocycles. The van der Waals surface area contributed by atoms with Gasteiger partial charge in [0.1, 0.15) is 5.75 Å². The van der Waals surface area contributed by atoms with Gasteiger partial charge in [0.25, 0.3) is 0 Å². The van der Waals surface area contributed by atoms with Gasteiger partial charge >= 0.3 is 0 Å². The molecule has 0 spiro atoms. The van der Waals surface area contributed by atoms with E-state index < -0.39 is 0 Å². The highest BCUT2D eigenvalue weighted by molar-refractivity contribution is 7.99. The van der Waals surface area contributed by atoms with Crippen molar-refractivity contribution in [1.82, 2.24) is 0 Å². The zero-order chi connectivity index (χ0) is 14.7. The average Bonchev–Trinajstić information content (AvgIpc) is 3.32. The average molecular weight is 299 g/mol. The van der Waals surface area contributed by atoms with Crippen molar-refractivity contribution in [3.05, 3.63) is 59.7 Å². The Kier molecular flexibility index (Phi) is 4.51. The molecular weight excluding hydrogens is 278 g/mol. The van der Waals surface area contributed by atoms with Crippen molar-refractivity contribution >= 4 is 11.8 Å². The second-order valence-corrected chi connectivity index (χ2v) is 6.71. The summed E-state index contributed by atoms with van der Waals surface area (Å²) >= 11 is 1.85. The minimum absolute atomic E-state index is 0.103. The van der Waals surface area contributed by atoms with E-state index in [0.29, 0.717) is 6.10 Å². The molecule has 1 saturated carbocycles. The molecule has 2 N–H and O–H groups in total. The number of rotatable bonds is 6. The fraction of sp³-hybridized carbons (Fsp3) is 0.333. The van der Waals surface area contributed by atoms with Crippen LogP contribution in [0.3, 0.4) is 0 Å². The van der Waals surface area contributed by atoms with Gasteiger partial charge in [-0.2, -0.15) is 0 Å². The smallest absolute Gasteiger partial charge is 0.120 e. The van der Waals surface area contributed by atoms with Gasteiger partial charge in [-0.1, -0.05) is 31.2 Å². The van der Waals surface area contributed by atoms with E-state index in [1.165, 1.54) is 17.7 Å². The molecule has 1 aliphatic rings. The second-order valence-electron chi connectivity index (χ2n) is 5.37. The highest BCUT2D eigenvalue weighted by Gasteiger charge is 2.23. The van der Waals surface area contributed by atoms with Gasteiger partial charge in [-0.3, -0.25) is 0 Å². The van der Waals surface area contributed by atoms with Gasteiger partial charge in [-0.05, 0) is 54.0 Å². The Morgan fingerprint density at radius 2 is 1.90 bits per heavy atom. The first-order valence-electron chi connectivity index (χ1n) is 7.51. The van der Waals surface area contributed by atoms with E-state index in [4.69, 9.17) is 10.5 Å². The third-order valence-corrected chi connectivity index (χ3v) is 4.49. The lowest BCUT2D eigenvalue weighted by molar-refractivity contribution is 0.303. The van der Waals surface area contributed by atoms with Crippen LogP contribution in [0.2, 0.25) is 0 Å². The molecule has 3 heteroatoms. The Morgan fingerprint density at radius 1 is 1.14 bits per heavy atom. The van der Waals surface area contributed by atoms with Gasteiger partial charge in [0.2, 0.25) is 0 Å². The van der Waals surface area contributed by atoms with Crippen molar-refractivity contribution in [3.63, 3.8) is 0 Å². The molecule has 2 nitrogen and oxygen atoms in total. The summed E-state index contributed by atoms with van der Waals surface area (Å²) in [4.78, 5) is 1.29. The van der Waals surface area contributed by atoms with E-state index in [2.05, 4.69) is 43.3 Å². The molecule has 3 rings (SSSR count). The monoisotopic (exact) mass is 299 g/mol. The number of nitrogens with two attached hydrogens (primary N) is 1. The predicted octanol–water partition coefficient (Wildman–Crippen LogP) is 4.39. The third kappa shape index (κ3) is 3.80. The number of benzene rings is 2. The first-order chi connectivity index (χ1) is 10.3. The number of hydrogen-bond donors (Lipinski definition) is 1. The van der Waals surface area contributed by atoms with E-state index in [1.807, 2.05) is 23.9 Å². The fourth-order valence-electron chi connectivity index (χ4n) is 2.29. The van der Waals surface area contributed by atoms with Crippen molar-refractivity contribution < 1.29 is 4.74 Å². The van der Waals surface area contributed by atoms with Crippen molar-refractivity contribution in [2.45, 2.75) is 36.8 Å². The van der Waals surface area contributed by atoms with Crippen molar-refractivity contribution in [2.75, 3.05) is 5.75 Å². The summed E-state index contributed by atoms with van der Waals surface area (Å²) in [5.41, 5.74) is 8.63. The first kappa shape index (κ1) is 14.5. The maximum absolute atomic E-state index is 6.39. The van der Waals surface area contributed by atoms with E-state index in [1.54, 1.807) is 0 Å². The molecule has 21 heavy (non-hydrogen) atoms. The SMILES string of the molecule is CCSc1ccc(C(N)c2cccc(OC3CC3)c2)cc1. The zero-order valence-corrected chi connectivity index (χ0v) is 13.1. The molecule has 0 aromatic heterocycles. The lowest BCUT2D eigenvalue weighted by atomic mass is 9.99. The highest BCUT2D eigenvalue weighted by Crippen LogP contribution is 2.29. The summed E-state index contributed by atoms with van der Waals surface area (Å²) in [7, 11) is 0. The van der Waals surface area contributed by atoms with E-state index >= 15 is 0 Å². The van der Waals surface area contributed by atoms with E-state index in [-0.39, 0.29) is 6.04 Å². The Balaban J connectivity index is 1.75. The van der Waals surface area contributed by atoms with Gasteiger partial charge in [0.05, 0.1) is 12.1 Å². The molecular formula is C18H21NOS. The quantitative estimate of drug-likeness (QED) is 0.804. The van der Waals surface area contributed by atoms with Crippen molar-refractivity contribution in [2.24, 2.45) is 5.73 Å². The maximum atomic E-state index is 6.39. The normalized spacial score (nSPS) is 15.7. The number of thioether (sulfide) groups is 1. The van der Waals surface area contributed by atoms with E-state index in [9.17, 15) is 0 Å². The van der Waals surface area contributed by atoms with Crippen molar-refractivity contribution in [1.29, 1.82) is 0 Å². The Hall–Kier alpha value is -1.45. The second kappa shape index (κ2) is 6.54. The Bertz CT molecular complexity index is 592. The molecule has 0 bridgehead atoms. The molecule has 1 atom stereocenters. The molecule has 2 aromatic rings. The first-order valence-corrected chi connectivity index (χ1v) is 8.50. The van der Waals surface area contributed by atoms with Crippen LogP contribution in [0, 0.1) is 0 Å². The zero-order valence-electron chi connectivity index (χ0n) is 12.3. The fourth-order valence-corrected chi connectivity index (χ4v) is 2.95. The third-order valence-electron chi connectivity index (χ3n) is 3.59. The summed E-state index contributed by atoms with van der Waals surface area (Å²) in [5.74, 6) is 2.02. The van der Waals surface area contributed by atoms with Gasteiger partial charge < -0.3 is 10.5 Å². The standard InChI is InChI=1S/C18H21NOS/c1-2-21-17-10-6-13(7-11-17)18(19)14-4-3-5-16(12-14)20-15-8-9-15/h3-7,10-12,15,18H,2,8-9,19H2,1H3. The van der Waals surface area contributed by atoms with Crippen LogP contribution >= 0.6 is 11.8 Å². The Morgan fingerprint density at radius 3 is 2.57 bits per heavy atom. The van der Waals surface area contributed by atoms with Gasteiger partial charge in [-0.25, -0.2) is 0 Å². The molecule has 1 unspecified atom stereocenters. The van der Waals surface area contributed by atoms with E-state index in [0.717, 1.165) is 22.6 Å². The summed E-state index contributed by atoms with van der Waals surface area (Å²) in [6.07, 6.45) is 2.77. The van der Waals surface area contributed by atoms with Crippen LogP contribution in [0.25, 0.3) is 0 Å². The van der Waals surface area contributed by atoms with Crippen LogP contribution in [0.1, 0.15) is 36.9 Å². The largest absolute Gasteiger partial charge is 0.490 e. The summed E-state index contributed by atoms with van der Waals surface area (Å²) in [6.45, 7) is 2.16. The molecule has 0 heterocycles. The van der Waals surface area contributed by atoms with Gasteiger partial charge in [0.15, 0.2) is 0 Å². The summed E-state index contributed by atoms with van der Waals surface area (Å²) < 4.78 is 5.84. The topological polar surface area (TPSA) is 35.2 Å². The van der Waals surface area contributed by atoms with Crippen LogP contribution < -0.4 is 10.5 Å². The Labute approximate surface area is 130 Å². The molecule has 2 aromatic carbocycles.